The Hall–Kier alpha value is -4.30. The van der Waals surface area contributed by atoms with Gasteiger partial charge in [-0.3, -0.25) is 0 Å². The molecule has 0 bridgehead atoms. The van der Waals surface area contributed by atoms with Crippen LogP contribution in [0.2, 0.25) is 0 Å². The number of para-hydroxylation sites is 4. The van der Waals surface area contributed by atoms with E-state index in [0.29, 0.717) is 0 Å². The van der Waals surface area contributed by atoms with Crippen LogP contribution in [-0.2, 0) is 5.41 Å². The van der Waals surface area contributed by atoms with Gasteiger partial charge in [0.1, 0.15) is 0 Å². The van der Waals surface area contributed by atoms with Crippen LogP contribution in [0.3, 0.4) is 0 Å². The molecule has 7 rings (SSSR count). The Bertz CT molecular complexity index is 1770. The summed E-state index contributed by atoms with van der Waals surface area (Å²) in [7, 11) is 0. The van der Waals surface area contributed by atoms with Gasteiger partial charge in [-0.05, 0) is 66.1 Å². The van der Waals surface area contributed by atoms with Crippen molar-refractivity contribution in [1.82, 2.24) is 4.57 Å². The fourth-order valence-electron chi connectivity index (χ4n) is 6.26. The first kappa shape index (κ1) is 21.0. The average molecular weight is 465 g/mol. The number of rotatable bonds is 2. The monoisotopic (exact) mass is 464 g/mol. The first-order valence-electron chi connectivity index (χ1n) is 12.6. The summed E-state index contributed by atoms with van der Waals surface area (Å²) in [4.78, 5) is 2.44. The first-order valence-corrected chi connectivity index (χ1v) is 12.6. The van der Waals surface area contributed by atoms with Crippen molar-refractivity contribution in [2.75, 3.05) is 4.90 Å². The number of aryl methyl sites for hydroxylation is 1. The Morgan fingerprint density at radius 2 is 1.22 bits per heavy atom. The van der Waals surface area contributed by atoms with E-state index in [4.69, 9.17) is 0 Å². The number of anilines is 3. The van der Waals surface area contributed by atoms with Crippen molar-refractivity contribution in [3.63, 3.8) is 0 Å². The summed E-state index contributed by atoms with van der Waals surface area (Å²) in [6.45, 7) is 6.96. The molecule has 0 spiro atoms. The van der Waals surface area contributed by atoms with E-state index in [1.54, 1.807) is 0 Å². The smallest absolute Gasteiger partial charge is 0.0545 e. The van der Waals surface area contributed by atoms with Gasteiger partial charge in [0.2, 0.25) is 0 Å². The van der Waals surface area contributed by atoms with Gasteiger partial charge in [0.25, 0.3) is 0 Å². The normalized spacial score (nSPS) is 14.1. The van der Waals surface area contributed by atoms with Gasteiger partial charge >= 0.3 is 0 Å². The fraction of sp³-hybridized carbons (Fsp3) is 0.118. The molecule has 0 atom stereocenters. The van der Waals surface area contributed by atoms with Crippen molar-refractivity contribution in [1.29, 1.82) is 0 Å². The van der Waals surface area contributed by atoms with E-state index in [1.165, 1.54) is 61.2 Å². The maximum atomic E-state index is 2.45. The molecule has 0 fully saturated rings. The van der Waals surface area contributed by atoms with Gasteiger partial charge in [-0.2, -0.15) is 0 Å². The van der Waals surface area contributed by atoms with Crippen molar-refractivity contribution in [3.05, 3.63) is 132 Å². The maximum Gasteiger partial charge on any atom is 0.0545 e. The van der Waals surface area contributed by atoms with Gasteiger partial charge < -0.3 is 9.47 Å². The lowest BCUT2D eigenvalue weighted by Crippen LogP contribution is -2.30. The molecule has 0 saturated carbocycles. The standard InChI is InChI=1S/C34H28N2/c1-23-13-7-10-18-27(23)36-28-19-11-8-16-25(28)32-30(36)21-22-31-33(32)34(2,3)26-17-9-12-20-29(26)35(31)24-14-5-4-6-15-24/h4-22H,1-3H3. The van der Waals surface area contributed by atoms with Crippen LogP contribution in [0.1, 0.15) is 30.5 Å². The van der Waals surface area contributed by atoms with Crippen LogP contribution in [-0.4, -0.2) is 4.57 Å². The third-order valence-corrected chi connectivity index (χ3v) is 7.87. The molecule has 0 aliphatic carbocycles. The topological polar surface area (TPSA) is 8.17 Å². The lowest BCUT2D eigenvalue weighted by Gasteiger charge is -2.42. The minimum absolute atomic E-state index is 0.169. The number of hydrogen-bond acceptors (Lipinski definition) is 1. The molecule has 5 aromatic carbocycles. The van der Waals surface area contributed by atoms with Gasteiger partial charge in [0.05, 0.1) is 22.4 Å². The first-order chi connectivity index (χ1) is 17.6. The minimum Gasteiger partial charge on any atom is -0.310 e. The van der Waals surface area contributed by atoms with Crippen LogP contribution in [0.5, 0.6) is 0 Å². The molecule has 6 aromatic rings. The highest BCUT2D eigenvalue weighted by Crippen LogP contribution is 2.55. The van der Waals surface area contributed by atoms with E-state index in [0.717, 1.165) is 0 Å². The zero-order valence-electron chi connectivity index (χ0n) is 20.9. The van der Waals surface area contributed by atoms with E-state index < -0.39 is 0 Å². The lowest BCUT2D eigenvalue weighted by atomic mass is 9.72. The van der Waals surface area contributed by atoms with E-state index in [1.807, 2.05) is 0 Å². The second kappa shape index (κ2) is 7.60. The quantitative estimate of drug-likeness (QED) is 0.248. The molecule has 0 radical (unpaired) electrons. The van der Waals surface area contributed by atoms with Crippen LogP contribution in [0, 0.1) is 6.92 Å². The van der Waals surface area contributed by atoms with Crippen LogP contribution in [0.15, 0.2) is 115 Å². The predicted octanol–water partition coefficient (Wildman–Crippen LogP) is 9.20. The summed E-state index contributed by atoms with van der Waals surface area (Å²) in [5.41, 5.74) is 11.3. The molecule has 0 saturated heterocycles. The zero-order valence-corrected chi connectivity index (χ0v) is 20.9. The molecule has 2 heterocycles. The zero-order chi connectivity index (χ0) is 24.4. The van der Waals surface area contributed by atoms with Crippen molar-refractivity contribution in [3.8, 4) is 5.69 Å². The third-order valence-electron chi connectivity index (χ3n) is 7.87. The van der Waals surface area contributed by atoms with E-state index in [2.05, 4.69) is 145 Å². The molecule has 0 N–H and O–H groups in total. The molecule has 2 heteroatoms. The van der Waals surface area contributed by atoms with Crippen molar-refractivity contribution in [2.24, 2.45) is 0 Å². The summed E-state index contributed by atoms with van der Waals surface area (Å²) < 4.78 is 2.45. The molecule has 174 valence electrons. The molecule has 2 nitrogen and oxygen atoms in total. The third kappa shape index (κ3) is 2.79. The maximum absolute atomic E-state index is 2.45. The largest absolute Gasteiger partial charge is 0.310 e. The van der Waals surface area contributed by atoms with Crippen LogP contribution < -0.4 is 4.90 Å². The second-order valence-electron chi connectivity index (χ2n) is 10.3. The number of nitrogens with zero attached hydrogens (tertiary/aromatic N) is 2. The molecule has 0 amide bonds. The predicted molar refractivity (Wildman–Crippen MR) is 152 cm³/mol. The molecule has 1 aliphatic heterocycles. The minimum atomic E-state index is -0.169. The molecular weight excluding hydrogens is 436 g/mol. The summed E-state index contributed by atoms with van der Waals surface area (Å²) in [6, 6.07) is 41.8. The van der Waals surface area contributed by atoms with Crippen molar-refractivity contribution < 1.29 is 0 Å². The molecule has 1 aliphatic rings. The molecule has 36 heavy (non-hydrogen) atoms. The highest BCUT2D eigenvalue weighted by atomic mass is 15.2. The number of aromatic nitrogens is 1. The van der Waals surface area contributed by atoms with Crippen LogP contribution >= 0.6 is 0 Å². The summed E-state index contributed by atoms with van der Waals surface area (Å²) in [5, 5.41) is 2.64. The van der Waals surface area contributed by atoms with Gasteiger partial charge in [0.15, 0.2) is 0 Å². The molecular formula is C34H28N2. The summed E-state index contributed by atoms with van der Waals surface area (Å²) in [5.74, 6) is 0. The fourth-order valence-corrected chi connectivity index (χ4v) is 6.26. The summed E-state index contributed by atoms with van der Waals surface area (Å²) >= 11 is 0. The van der Waals surface area contributed by atoms with Gasteiger partial charge in [-0.1, -0.05) is 86.6 Å². The number of hydrogen-bond donors (Lipinski definition) is 0. The van der Waals surface area contributed by atoms with E-state index in [-0.39, 0.29) is 5.41 Å². The molecule has 1 aromatic heterocycles. The van der Waals surface area contributed by atoms with Crippen LogP contribution in [0.25, 0.3) is 27.5 Å². The van der Waals surface area contributed by atoms with Gasteiger partial charge in [-0.25, -0.2) is 0 Å². The number of fused-ring (bicyclic) bond motifs is 6. The Kier molecular flexibility index (Phi) is 4.44. The average Bonchev–Trinajstić information content (AvgIpc) is 3.24. The van der Waals surface area contributed by atoms with E-state index >= 15 is 0 Å². The second-order valence-corrected chi connectivity index (χ2v) is 10.3. The number of benzene rings is 5. The SMILES string of the molecule is Cc1ccccc1-n1c2ccccc2c2c3c(ccc21)N(c1ccccc1)c1ccccc1C3(C)C. The Morgan fingerprint density at radius 3 is 2.03 bits per heavy atom. The summed E-state index contributed by atoms with van der Waals surface area (Å²) in [6.07, 6.45) is 0. The van der Waals surface area contributed by atoms with Gasteiger partial charge in [0, 0.05) is 27.6 Å². The Labute approximate surface area is 212 Å². The Balaban J connectivity index is 1.66. The van der Waals surface area contributed by atoms with Crippen molar-refractivity contribution >= 4 is 38.9 Å². The van der Waals surface area contributed by atoms with Gasteiger partial charge in [-0.15, -0.1) is 0 Å². The highest BCUT2D eigenvalue weighted by Gasteiger charge is 2.39. The molecule has 0 unspecified atom stereocenters. The van der Waals surface area contributed by atoms with Crippen molar-refractivity contribution in [2.45, 2.75) is 26.2 Å². The van der Waals surface area contributed by atoms with E-state index in [9.17, 15) is 0 Å². The lowest BCUT2D eigenvalue weighted by molar-refractivity contribution is 0.638. The highest BCUT2D eigenvalue weighted by molar-refractivity contribution is 6.14. The van der Waals surface area contributed by atoms with Crippen LogP contribution in [0.4, 0.5) is 17.1 Å². The Morgan fingerprint density at radius 1 is 0.556 bits per heavy atom.